The van der Waals surface area contributed by atoms with Gasteiger partial charge >= 0.3 is 0 Å². The van der Waals surface area contributed by atoms with Crippen LogP contribution in [0.4, 0.5) is 0 Å². The highest BCUT2D eigenvalue weighted by Gasteiger charge is 2.33. The minimum Gasteiger partial charge on any atom is -0.351 e. The first-order valence-electron chi connectivity index (χ1n) is 7.19. The van der Waals surface area contributed by atoms with Gasteiger partial charge in [-0.2, -0.15) is 0 Å². The first-order chi connectivity index (χ1) is 9.04. The minimum absolute atomic E-state index is 0.0776. The molecule has 3 N–H and O–H groups in total. The van der Waals surface area contributed by atoms with Crippen LogP contribution in [-0.4, -0.2) is 11.9 Å². The molecule has 3 heteroatoms. The molecule has 1 aliphatic carbocycles. The first-order valence-corrected chi connectivity index (χ1v) is 7.19. The van der Waals surface area contributed by atoms with Crippen LogP contribution in [0.25, 0.3) is 0 Å². The molecule has 0 saturated heterocycles. The molecular weight excluding hydrogens is 236 g/mol. The van der Waals surface area contributed by atoms with E-state index in [1.807, 2.05) is 30.3 Å². The molecule has 2 atom stereocenters. The second-order valence-electron chi connectivity index (χ2n) is 5.83. The summed E-state index contributed by atoms with van der Waals surface area (Å²) in [4.78, 5) is 12.4. The summed E-state index contributed by atoms with van der Waals surface area (Å²) in [7, 11) is 0. The standard InChI is InChI=1S/C16H24N2O/c1-3-14(11-12-9-10-12)18-15(19)16(2,17)13-7-5-4-6-8-13/h4-8,12,14H,3,9-11,17H2,1-2H3,(H,18,19). The van der Waals surface area contributed by atoms with Crippen LogP contribution < -0.4 is 11.1 Å². The van der Waals surface area contributed by atoms with Gasteiger partial charge in [0.05, 0.1) is 0 Å². The summed E-state index contributed by atoms with van der Waals surface area (Å²) in [6, 6.07) is 9.82. The van der Waals surface area contributed by atoms with E-state index in [4.69, 9.17) is 5.73 Å². The van der Waals surface area contributed by atoms with E-state index in [1.54, 1.807) is 6.92 Å². The number of benzene rings is 1. The van der Waals surface area contributed by atoms with E-state index in [0.717, 1.165) is 24.3 Å². The van der Waals surface area contributed by atoms with Gasteiger partial charge in [-0.3, -0.25) is 4.79 Å². The molecule has 1 aliphatic rings. The Balaban J connectivity index is 2.00. The smallest absolute Gasteiger partial charge is 0.244 e. The van der Waals surface area contributed by atoms with Crippen molar-refractivity contribution in [2.45, 2.75) is 51.1 Å². The van der Waals surface area contributed by atoms with E-state index in [0.29, 0.717) is 0 Å². The average molecular weight is 260 g/mol. The lowest BCUT2D eigenvalue weighted by molar-refractivity contribution is -0.126. The summed E-state index contributed by atoms with van der Waals surface area (Å²) in [6.07, 6.45) is 4.68. The zero-order valence-electron chi connectivity index (χ0n) is 11.9. The third-order valence-electron chi connectivity index (χ3n) is 3.99. The van der Waals surface area contributed by atoms with Gasteiger partial charge in [0.2, 0.25) is 5.91 Å². The summed E-state index contributed by atoms with van der Waals surface area (Å²) < 4.78 is 0. The first kappa shape index (κ1) is 14.1. The molecule has 0 aliphatic heterocycles. The lowest BCUT2D eigenvalue weighted by atomic mass is 9.91. The summed E-state index contributed by atoms with van der Waals surface area (Å²) in [5.41, 5.74) is 6.11. The van der Waals surface area contributed by atoms with Gasteiger partial charge in [-0.15, -0.1) is 0 Å². The fraction of sp³-hybridized carbons (Fsp3) is 0.562. The Kier molecular flexibility index (Phi) is 4.25. The third kappa shape index (κ3) is 3.57. The van der Waals surface area contributed by atoms with Gasteiger partial charge in [0, 0.05) is 6.04 Å². The highest BCUT2D eigenvalue weighted by Crippen LogP contribution is 2.34. The van der Waals surface area contributed by atoms with Crippen LogP contribution in [0.15, 0.2) is 30.3 Å². The zero-order chi connectivity index (χ0) is 13.9. The summed E-state index contributed by atoms with van der Waals surface area (Å²) in [6.45, 7) is 3.89. The van der Waals surface area contributed by atoms with Crippen LogP contribution in [0, 0.1) is 5.92 Å². The predicted octanol–water partition coefficient (Wildman–Crippen LogP) is 2.56. The molecule has 1 aromatic carbocycles. The molecular formula is C16H24N2O. The fourth-order valence-corrected chi connectivity index (χ4v) is 2.33. The van der Waals surface area contributed by atoms with Crippen LogP contribution in [0.1, 0.15) is 45.1 Å². The average Bonchev–Trinajstić information content (AvgIpc) is 3.22. The largest absolute Gasteiger partial charge is 0.351 e. The van der Waals surface area contributed by atoms with Crippen LogP contribution in [-0.2, 0) is 10.3 Å². The molecule has 1 saturated carbocycles. The number of amides is 1. The van der Waals surface area contributed by atoms with E-state index in [1.165, 1.54) is 12.8 Å². The van der Waals surface area contributed by atoms with E-state index in [9.17, 15) is 4.79 Å². The SMILES string of the molecule is CCC(CC1CC1)NC(=O)C(C)(N)c1ccccc1. The fourth-order valence-electron chi connectivity index (χ4n) is 2.33. The number of carbonyl (C=O) groups excluding carboxylic acids is 1. The second kappa shape index (κ2) is 5.74. The molecule has 0 radical (unpaired) electrons. The van der Waals surface area contributed by atoms with Crippen molar-refractivity contribution in [2.75, 3.05) is 0 Å². The second-order valence-corrected chi connectivity index (χ2v) is 5.83. The number of rotatable bonds is 6. The summed E-state index contributed by atoms with van der Waals surface area (Å²) >= 11 is 0. The van der Waals surface area contributed by atoms with Gasteiger partial charge in [0.1, 0.15) is 5.54 Å². The number of hydrogen-bond donors (Lipinski definition) is 2. The summed E-state index contributed by atoms with van der Waals surface area (Å²) in [5.74, 6) is 0.734. The molecule has 2 rings (SSSR count). The van der Waals surface area contributed by atoms with E-state index in [-0.39, 0.29) is 11.9 Å². The Morgan fingerprint density at radius 2 is 2.05 bits per heavy atom. The lowest BCUT2D eigenvalue weighted by Crippen LogP contribution is -2.51. The molecule has 2 unspecified atom stereocenters. The highest BCUT2D eigenvalue weighted by atomic mass is 16.2. The quantitative estimate of drug-likeness (QED) is 0.826. The molecule has 0 aromatic heterocycles. The van der Waals surface area contributed by atoms with E-state index in [2.05, 4.69) is 12.2 Å². The van der Waals surface area contributed by atoms with Crippen LogP contribution in [0.2, 0.25) is 0 Å². The molecule has 0 bridgehead atoms. The van der Waals surface area contributed by atoms with Crippen molar-refractivity contribution in [1.82, 2.24) is 5.32 Å². The highest BCUT2D eigenvalue weighted by molar-refractivity contribution is 5.87. The Labute approximate surface area is 115 Å². The van der Waals surface area contributed by atoms with Gasteiger partial charge in [0.15, 0.2) is 0 Å². The van der Waals surface area contributed by atoms with Gasteiger partial charge in [0.25, 0.3) is 0 Å². The zero-order valence-corrected chi connectivity index (χ0v) is 11.9. The number of nitrogens with one attached hydrogen (secondary N) is 1. The maximum Gasteiger partial charge on any atom is 0.244 e. The summed E-state index contributed by atoms with van der Waals surface area (Å²) in [5, 5.41) is 3.11. The molecule has 1 aromatic rings. The number of carbonyl (C=O) groups is 1. The van der Waals surface area contributed by atoms with Crippen LogP contribution in [0.5, 0.6) is 0 Å². The van der Waals surface area contributed by atoms with Crippen molar-refractivity contribution < 1.29 is 4.79 Å². The topological polar surface area (TPSA) is 55.1 Å². The predicted molar refractivity (Wildman–Crippen MR) is 77.5 cm³/mol. The number of nitrogens with two attached hydrogens (primary N) is 1. The molecule has 19 heavy (non-hydrogen) atoms. The molecule has 104 valence electrons. The van der Waals surface area contributed by atoms with Gasteiger partial charge in [-0.05, 0) is 31.2 Å². The van der Waals surface area contributed by atoms with Gasteiger partial charge < -0.3 is 11.1 Å². The molecule has 0 heterocycles. The monoisotopic (exact) mass is 260 g/mol. The maximum atomic E-state index is 12.4. The van der Waals surface area contributed by atoms with Crippen molar-refractivity contribution in [3.8, 4) is 0 Å². The van der Waals surface area contributed by atoms with Crippen molar-refractivity contribution in [3.63, 3.8) is 0 Å². The maximum absolute atomic E-state index is 12.4. The van der Waals surface area contributed by atoms with Crippen molar-refractivity contribution in [1.29, 1.82) is 0 Å². The van der Waals surface area contributed by atoms with Gasteiger partial charge in [-0.25, -0.2) is 0 Å². The van der Waals surface area contributed by atoms with Crippen LogP contribution in [0.3, 0.4) is 0 Å². The molecule has 1 fully saturated rings. The van der Waals surface area contributed by atoms with Gasteiger partial charge in [-0.1, -0.05) is 50.1 Å². The lowest BCUT2D eigenvalue weighted by Gasteiger charge is -2.27. The Hall–Kier alpha value is -1.35. The van der Waals surface area contributed by atoms with Crippen LogP contribution >= 0.6 is 0 Å². The Morgan fingerprint density at radius 3 is 2.58 bits per heavy atom. The molecule has 1 amide bonds. The van der Waals surface area contributed by atoms with E-state index < -0.39 is 5.54 Å². The van der Waals surface area contributed by atoms with Crippen molar-refractivity contribution in [2.24, 2.45) is 11.7 Å². The Morgan fingerprint density at radius 1 is 1.42 bits per heavy atom. The van der Waals surface area contributed by atoms with Crippen molar-refractivity contribution >= 4 is 5.91 Å². The molecule has 0 spiro atoms. The normalized spacial score (nSPS) is 19.5. The minimum atomic E-state index is -0.960. The van der Waals surface area contributed by atoms with E-state index >= 15 is 0 Å². The molecule has 3 nitrogen and oxygen atoms in total. The third-order valence-corrected chi connectivity index (χ3v) is 3.99. The Bertz CT molecular complexity index is 424. The van der Waals surface area contributed by atoms with Crippen molar-refractivity contribution in [3.05, 3.63) is 35.9 Å². The number of hydrogen-bond acceptors (Lipinski definition) is 2.